The number of halogens is 1. The highest BCUT2D eigenvalue weighted by Gasteiger charge is 2.10. The number of rotatable bonds is 8. The van der Waals surface area contributed by atoms with Gasteiger partial charge in [-0.15, -0.1) is 6.58 Å². The predicted octanol–water partition coefficient (Wildman–Crippen LogP) is 1.93. The second-order valence-electron chi connectivity index (χ2n) is 3.80. The molecule has 0 aliphatic heterocycles. The Morgan fingerprint density at radius 1 is 1.58 bits per heavy atom. The number of nitrogens with two attached hydrogens (primary N) is 1. The molecule has 0 aliphatic rings. The molecule has 4 N–H and O–H groups in total. The minimum atomic E-state index is -0.455. The van der Waals surface area contributed by atoms with Crippen LogP contribution in [0, 0.1) is 5.82 Å². The zero-order valence-corrected chi connectivity index (χ0v) is 11.4. The smallest absolute Gasteiger partial charge is 0.173 e. The largest absolute Gasteiger partial charge is 0.409 e. The van der Waals surface area contributed by atoms with E-state index in [1.54, 1.807) is 23.9 Å². The molecule has 0 atom stereocenters. The molecule has 0 spiro atoms. The molecule has 6 heteroatoms. The Labute approximate surface area is 116 Å². The quantitative estimate of drug-likeness (QED) is 0.170. The molecule has 1 aromatic carbocycles. The zero-order chi connectivity index (χ0) is 14.1. The third-order valence-electron chi connectivity index (χ3n) is 2.44. The standard InChI is InChI=1S/C13H18FN3OS/c1-2-7-19-8-6-16-9-10-4-3-5-11(12(10)14)13(15)17-18/h2-5,16,18H,1,6-9H2,(H2,15,17). The van der Waals surface area contributed by atoms with E-state index in [2.05, 4.69) is 17.1 Å². The first-order valence-electron chi connectivity index (χ1n) is 5.85. The summed E-state index contributed by atoms with van der Waals surface area (Å²) >= 11 is 1.76. The molecule has 0 saturated heterocycles. The van der Waals surface area contributed by atoms with Crippen LogP contribution in [0.5, 0.6) is 0 Å². The molecular weight excluding hydrogens is 265 g/mol. The van der Waals surface area contributed by atoms with Crippen LogP contribution in [0.25, 0.3) is 0 Å². The fourth-order valence-electron chi connectivity index (χ4n) is 1.50. The molecular formula is C13H18FN3OS. The van der Waals surface area contributed by atoms with Gasteiger partial charge in [-0.2, -0.15) is 11.8 Å². The van der Waals surface area contributed by atoms with E-state index in [9.17, 15) is 4.39 Å². The molecule has 19 heavy (non-hydrogen) atoms. The van der Waals surface area contributed by atoms with E-state index in [1.807, 2.05) is 6.08 Å². The maximum absolute atomic E-state index is 14.0. The topological polar surface area (TPSA) is 70.6 Å². The van der Waals surface area contributed by atoms with E-state index in [1.165, 1.54) is 6.07 Å². The summed E-state index contributed by atoms with van der Waals surface area (Å²) < 4.78 is 14.0. The van der Waals surface area contributed by atoms with Crippen molar-refractivity contribution in [3.05, 3.63) is 47.8 Å². The number of benzene rings is 1. The van der Waals surface area contributed by atoms with Crippen LogP contribution in [-0.2, 0) is 6.54 Å². The van der Waals surface area contributed by atoms with Crippen LogP contribution in [0.2, 0.25) is 0 Å². The maximum Gasteiger partial charge on any atom is 0.173 e. The Morgan fingerprint density at radius 2 is 2.37 bits per heavy atom. The third-order valence-corrected chi connectivity index (χ3v) is 3.40. The lowest BCUT2D eigenvalue weighted by molar-refractivity contribution is 0.318. The van der Waals surface area contributed by atoms with Crippen LogP contribution >= 0.6 is 11.8 Å². The molecule has 0 unspecified atom stereocenters. The molecule has 0 heterocycles. The molecule has 1 rings (SSSR count). The highest BCUT2D eigenvalue weighted by molar-refractivity contribution is 7.99. The molecule has 0 aliphatic carbocycles. The van der Waals surface area contributed by atoms with Gasteiger partial charge in [0, 0.05) is 30.2 Å². The van der Waals surface area contributed by atoms with Crippen molar-refractivity contribution in [2.24, 2.45) is 10.9 Å². The van der Waals surface area contributed by atoms with Crippen molar-refractivity contribution in [1.82, 2.24) is 5.32 Å². The van der Waals surface area contributed by atoms with E-state index >= 15 is 0 Å². The van der Waals surface area contributed by atoms with Crippen LogP contribution in [0.1, 0.15) is 11.1 Å². The second kappa shape index (κ2) is 8.55. The molecule has 0 fully saturated rings. The zero-order valence-electron chi connectivity index (χ0n) is 10.6. The number of nitrogens with zero attached hydrogens (tertiary/aromatic N) is 1. The average Bonchev–Trinajstić information content (AvgIpc) is 2.43. The Morgan fingerprint density at radius 3 is 3.05 bits per heavy atom. The van der Waals surface area contributed by atoms with Gasteiger partial charge in [0.2, 0.25) is 0 Å². The van der Waals surface area contributed by atoms with E-state index in [0.29, 0.717) is 12.1 Å². The van der Waals surface area contributed by atoms with Crippen molar-refractivity contribution in [2.45, 2.75) is 6.54 Å². The predicted molar refractivity (Wildman–Crippen MR) is 78.1 cm³/mol. The van der Waals surface area contributed by atoms with Crippen LogP contribution in [0.15, 0.2) is 36.0 Å². The Bertz CT molecular complexity index is 452. The fraction of sp³-hybridized carbons (Fsp3) is 0.308. The molecule has 0 bridgehead atoms. The Hall–Kier alpha value is -1.53. The molecule has 0 amide bonds. The van der Waals surface area contributed by atoms with Crippen LogP contribution in [0.3, 0.4) is 0 Å². The number of oxime groups is 1. The molecule has 0 aromatic heterocycles. The highest BCUT2D eigenvalue weighted by atomic mass is 32.2. The highest BCUT2D eigenvalue weighted by Crippen LogP contribution is 2.12. The first-order valence-corrected chi connectivity index (χ1v) is 7.00. The summed E-state index contributed by atoms with van der Waals surface area (Å²) in [6, 6.07) is 4.83. The number of thioether (sulfide) groups is 1. The van der Waals surface area contributed by atoms with Crippen LogP contribution in [0.4, 0.5) is 4.39 Å². The van der Waals surface area contributed by atoms with Crippen molar-refractivity contribution in [3.63, 3.8) is 0 Å². The van der Waals surface area contributed by atoms with Gasteiger partial charge in [0.15, 0.2) is 5.84 Å². The van der Waals surface area contributed by atoms with E-state index in [-0.39, 0.29) is 11.4 Å². The van der Waals surface area contributed by atoms with Crippen molar-refractivity contribution in [2.75, 3.05) is 18.1 Å². The Balaban J connectivity index is 2.52. The Kier molecular flexibility index (Phi) is 6.99. The van der Waals surface area contributed by atoms with E-state index < -0.39 is 5.82 Å². The van der Waals surface area contributed by atoms with Gasteiger partial charge < -0.3 is 16.3 Å². The summed E-state index contributed by atoms with van der Waals surface area (Å²) in [5.74, 6) is 1.17. The summed E-state index contributed by atoms with van der Waals surface area (Å²) in [4.78, 5) is 0. The first kappa shape index (κ1) is 15.5. The minimum absolute atomic E-state index is 0.114. The molecule has 4 nitrogen and oxygen atoms in total. The first-order chi connectivity index (χ1) is 9.20. The van der Waals surface area contributed by atoms with Gasteiger partial charge in [0.25, 0.3) is 0 Å². The normalized spacial score (nSPS) is 11.5. The molecule has 1 aromatic rings. The lowest BCUT2D eigenvalue weighted by Gasteiger charge is -2.08. The molecule has 0 radical (unpaired) electrons. The maximum atomic E-state index is 14.0. The van der Waals surface area contributed by atoms with E-state index in [4.69, 9.17) is 10.9 Å². The average molecular weight is 283 g/mol. The van der Waals surface area contributed by atoms with Gasteiger partial charge in [-0.1, -0.05) is 23.4 Å². The SMILES string of the molecule is C=CCSCCNCc1cccc(/C(N)=N\O)c1F. The third kappa shape index (κ3) is 4.92. The number of hydrogen-bond acceptors (Lipinski definition) is 4. The monoisotopic (exact) mass is 283 g/mol. The van der Waals surface area contributed by atoms with Crippen LogP contribution < -0.4 is 11.1 Å². The van der Waals surface area contributed by atoms with Crippen molar-refractivity contribution < 1.29 is 9.60 Å². The van der Waals surface area contributed by atoms with Crippen molar-refractivity contribution in [1.29, 1.82) is 0 Å². The summed E-state index contributed by atoms with van der Waals surface area (Å²) in [5, 5.41) is 14.5. The van der Waals surface area contributed by atoms with Crippen molar-refractivity contribution in [3.8, 4) is 0 Å². The van der Waals surface area contributed by atoms with Gasteiger partial charge in [-0.05, 0) is 6.07 Å². The lowest BCUT2D eigenvalue weighted by atomic mass is 10.1. The molecule has 0 saturated carbocycles. The molecule has 104 valence electrons. The summed E-state index contributed by atoms with van der Waals surface area (Å²) in [6.45, 7) is 4.83. The van der Waals surface area contributed by atoms with Gasteiger partial charge >= 0.3 is 0 Å². The van der Waals surface area contributed by atoms with E-state index in [0.717, 1.165) is 18.1 Å². The van der Waals surface area contributed by atoms with Gasteiger partial charge in [0.05, 0.1) is 5.56 Å². The summed E-state index contributed by atoms with van der Waals surface area (Å²) in [6.07, 6.45) is 1.85. The number of amidine groups is 1. The number of hydrogen-bond donors (Lipinski definition) is 3. The van der Waals surface area contributed by atoms with Gasteiger partial charge in [-0.25, -0.2) is 4.39 Å². The summed E-state index contributed by atoms with van der Waals surface area (Å²) in [5.41, 5.74) is 6.01. The second-order valence-corrected chi connectivity index (χ2v) is 4.95. The van der Waals surface area contributed by atoms with Gasteiger partial charge in [0.1, 0.15) is 5.82 Å². The number of nitrogens with one attached hydrogen (secondary N) is 1. The fourth-order valence-corrected chi connectivity index (χ4v) is 2.12. The summed E-state index contributed by atoms with van der Waals surface area (Å²) in [7, 11) is 0. The van der Waals surface area contributed by atoms with Gasteiger partial charge in [-0.3, -0.25) is 0 Å². The van der Waals surface area contributed by atoms with Crippen molar-refractivity contribution >= 4 is 17.6 Å². The van der Waals surface area contributed by atoms with Crippen LogP contribution in [-0.4, -0.2) is 29.1 Å². The lowest BCUT2D eigenvalue weighted by Crippen LogP contribution is -2.20. The minimum Gasteiger partial charge on any atom is -0.409 e.